The van der Waals surface area contributed by atoms with Crippen LogP contribution in [0.3, 0.4) is 0 Å². The number of carbonyl (C=O) groups is 3. The van der Waals surface area contributed by atoms with Crippen molar-refractivity contribution in [3.8, 4) is 11.5 Å². The van der Waals surface area contributed by atoms with Crippen LogP contribution in [0.4, 0.5) is 5.69 Å². The molecule has 2 aromatic rings. The van der Waals surface area contributed by atoms with Crippen LogP contribution in [0.25, 0.3) is 0 Å². The van der Waals surface area contributed by atoms with Gasteiger partial charge in [-0.2, -0.15) is 0 Å². The lowest BCUT2D eigenvalue weighted by Gasteiger charge is -2.18. The van der Waals surface area contributed by atoms with Crippen LogP contribution in [0.15, 0.2) is 34.7 Å². The Morgan fingerprint density at radius 1 is 1.21 bits per heavy atom. The van der Waals surface area contributed by atoms with Gasteiger partial charge >= 0.3 is 5.97 Å². The molecule has 2 amide bonds. The predicted octanol–water partition coefficient (Wildman–Crippen LogP) is 1.66. The zero-order valence-electron chi connectivity index (χ0n) is 15.4. The lowest BCUT2D eigenvalue weighted by Crippen LogP contribution is -2.32. The third-order valence-electron chi connectivity index (χ3n) is 4.48. The summed E-state index contributed by atoms with van der Waals surface area (Å²) >= 11 is 0. The molecule has 0 bridgehead atoms. The summed E-state index contributed by atoms with van der Waals surface area (Å²) in [5, 5.41) is 11.5. The highest BCUT2D eigenvalue weighted by atomic mass is 16.5. The Bertz CT molecular complexity index is 905. The predicted molar refractivity (Wildman–Crippen MR) is 97.5 cm³/mol. The average Bonchev–Trinajstić information content (AvgIpc) is 3.32. The van der Waals surface area contributed by atoms with E-state index in [0.717, 1.165) is 0 Å². The van der Waals surface area contributed by atoms with E-state index >= 15 is 0 Å². The number of amides is 2. The molecule has 1 aliphatic heterocycles. The van der Waals surface area contributed by atoms with E-state index in [1.807, 2.05) is 0 Å². The van der Waals surface area contributed by atoms with E-state index in [4.69, 9.17) is 19.0 Å². The molecule has 2 N–H and O–H groups in total. The van der Waals surface area contributed by atoms with Gasteiger partial charge in [0.05, 0.1) is 26.7 Å². The zero-order chi connectivity index (χ0) is 20.3. The number of methoxy groups -OCH3 is 2. The van der Waals surface area contributed by atoms with Gasteiger partial charge in [-0.3, -0.25) is 9.59 Å². The molecular formula is C19H20N2O7. The standard InChI is InChI=1S/C19H20N2O7/c1-26-14-5-3-12(8-16(14)27-2)21-10-11(7-17(21)22)18(23)20-9-13-4-6-15(28-13)19(24)25/h3-6,8,11H,7,9-10H2,1-2H3,(H,20,23)(H,24,25)/t11-/m0/s1. The van der Waals surface area contributed by atoms with Gasteiger partial charge < -0.3 is 29.2 Å². The van der Waals surface area contributed by atoms with E-state index in [1.165, 1.54) is 31.3 Å². The van der Waals surface area contributed by atoms with Gasteiger partial charge in [0, 0.05) is 24.7 Å². The molecule has 0 aliphatic carbocycles. The quantitative estimate of drug-likeness (QED) is 0.740. The first-order chi connectivity index (χ1) is 13.4. The van der Waals surface area contributed by atoms with Crippen molar-refractivity contribution in [2.75, 3.05) is 25.7 Å². The van der Waals surface area contributed by atoms with Crippen molar-refractivity contribution in [3.05, 3.63) is 41.9 Å². The van der Waals surface area contributed by atoms with E-state index in [9.17, 15) is 14.4 Å². The number of furan rings is 1. The Morgan fingerprint density at radius 3 is 2.61 bits per heavy atom. The summed E-state index contributed by atoms with van der Waals surface area (Å²) in [4.78, 5) is 37.1. The molecule has 0 saturated carbocycles. The van der Waals surface area contributed by atoms with Gasteiger partial charge in [0.1, 0.15) is 5.76 Å². The molecule has 9 heteroatoms. The number of carboxylic acids is 1. The third kappa shape index (κ3) is 3.93. The highest BCUT2D eigenvalue weighted by molar-refractivity contribution is 6.00. The Labute approximate surface area is 160 Å². The molecule has 2 heterocycles. The maximum atomic E-state index is 12.4. The minimum atomic E-state index is -1.18. The largest absolute Gasteiger partial charge is 0.493 e. The SMILES string of the molecule is COc1ccc(N2C[C@@H](C(=O)NCc3ccc(C(=O)O)o3)CC2=O)cc1OC. The van der Waals surface area contributed by atoms with Gasteiger partial charge in [-0.25, -0.2) is 4.79 Å². The number of hydrogen-bond acceptors (Lipinski definition) is 6. The fraction of sp³-hybridized carbons (Fsp3) is 0.316. The van der Waals surface area contributed by atoms with E-state index in [1.54, 1.807) is 18.2 Å². The van der Waals surface area contributed by atoms with Gasteiger partial charge in [0.2, 0.25) is 17.6 Å². The van der Waals surface area contributed by atoms with E-state index < -0.39 is 11.9 Å². The minimum absolute atomic E-state index is 0.0488. The lowest BCUT2D eigenvalue weighted by atomic mass is 10.1. The van der Waals surface area contributed by atoms with Crippen LogP contribution in [0, 0.1) is 5.92 Å². The van der Waals surface area contributed by atoms with Crippen molar-refractivity contribution in [3.63, 3.8) is 0 Å². The van der Waals surface area contributed by atoms with E-state index in [-0.39, 0.29) is 37.1 Å². The molecule has 1 saturated heterocycles. The monoisotopic (exact) mass is 388 g/mol. The molecule has 0 radical (unpaired) electrons. The topological polar surface area (TPSA) is 118 Å². The summed E-state index contributed by atoms with van der Waals surface area (Å²) in [5.74, 6) is -0.993. The van der Waals surface area contributed by atoms with Crippen LogP contribution in [0.2, 0.25) is 0 Å². The number of aromatic carboxylic acids is 1. The second-order valence-corrected chi connectivity index (χ2v) is 6.23. The van der Waals surface area contributed by atoms with Crippen molar-refractivity contribution in [1.29, 1.82) is 0 Å². The molecule has 0 unspecified atom stereocenters. The first-order valence-corrected chi connectivity index (χ1v) is 8.55. The second kappa shape index (κ2) is 8.03. The number of rotatable bonds is 7. The Morgan fingerprint density at radius 2 is 1.96 bits per heavy atom. The summed E-state index contributed by atoms with van der Waals surface area (Å²) in [6.07, 6.45) is 0.0821. The zero-order valence-corrected chi connectivity index (χ0v) is 15.4. The van der Waals surface area contributed by atoms with Crippen LogP contribution in [-0.2, 0) is 16.1 Å². The van der Waals surface area contributed by atoms with Gasteiger partial charge in [-0.1, -0.05) is 0 Å². The summed E-state index contributed by atoms with van der Waals surface area (Å²) in [6, 6.07) is 7.93. The smallest absolute Gasteiger partial charge is 0.371 e. The molecule has 1 aromatic heterocycles. The number of nitrogens with zero attached hydrogens (tertiary/aromatic N) is 1. The molecule has 1 atom stereocenters. The lowest BCUT2D eigenvalue weighted by molar-refractivity contribution is -0.126. The van der Waals surface area contributed by atoms with Crippen molar-refractivity contribution < 1.29 is 33.4 Å². The maximum Gasteiger partial charge on any atom is 0.371 e. The van der Waals surface area contributed by atoms with Crippen molar-refractivity contribution in [2.45, 2.75) is 13.0 Å². The number of carbonyl (C=O) groups excluding carboxylic acids is 2. The Hall–Kier alpha value is -3.49. The normalized spacial score (nSPS) is 16.1. The second-order valence-electron chi connectivity index (χ2n) is 6.23. The molecule has 3 rings (SSSR count). The number of nitrogens with one attached hydrogen (secondary N) is 1. The Kier molecular flexibility index (Phi) is 5.53. The van der Waals surface area contributed by atoms with Gasteiger partial charge in [-0.15, -0.1) is 0 Å². The molecule has 1 fully saturated rings. The summed E-state index contributed by atoms with van der Waals surface area (Å²) in [6.45, 7) is 0.284. The molecule has 28 heavy (non-hydrogen) atoms. The molecule has 9 nitrogen and oxygen atoms in total. The van der Waals surface area contributed by atoms with Crippen LogP contribution in [-0.4, -0.2) is 43.7 Å². The Balaban J connectivity index is 1.63. The maximum absolute atomic E-state index is 12.4. The molecular weight excluding hydrogens is 368 g/mol. The van der Waals surface area contributed by atoms with Gasteiger partial charge in [0.15, 0.2) is 11.5 Å². The van der Waals surface area contributed by atoms with Crippen LogP contribution >= 0.6 is 0 Å². The summed E-state index contributed by atoms with van der Waals surface area (Å²) in [7, 11) is 3.03. The number of carboxylic acid groups (broad SMARTS) is 1. The minimum Gasteiger partial charge on any atom is -0.493 e. The first-order valence-electron chi connectivity index (χ1n) is 8.55. The molecule has 1 aliphatic rings. The fourth-order valence-corrected chi connectivity index (χ4v) is 3.03. The summed E-state index contributed by atoms with van der Waals surface area (Å²) in [5.41, 5.74) is 0.620. The highest BCUT2D eigenvalue weighted by Crippen LogP contribution is 2.34. The van der Waals surface area contributed by atoms with Crippen LogP contribution in [0.5, 0.6) is 11.5 Å². The highest BCUT2D eigenvalue weighted by Gasteiger charge is 2.35. The average molecular weight is 388 g/mol. The number of ether oxygens (including phenoxy) is 2. The van der Waals surface area contributed by atoms with Gasteiger partial charge in [0.25, 0.3) is 0 Å². The van der Waals surface area contributed by atoms with Gasteiger partial charge in [-0.05, 0) is 24.3 Å². The summed E-state index contributed by atoms with van der Waals surface area (Å²) < 4.78 is 15.5. The number of hydrogen-bond donors (Lipinski definition) is 2. The van der Waals surface area contributed by atoms with Crippen molar-refractivity contribution >= 4 is 23.5 Å². The number of anilines is 1. The fourth-order valence-electron chi connectivity index (χ4n) is 3.03. The van der Waals surface area contributed by atoms with Crippen LogP contribution in [0.1, 0.15) is 22.7 Å². The van der Waals surface area contributed by atoms with Crippen molar-refractivity contribution in [2.24, 2.45) is 5.92 Å². The molecule has 1 aromatic carbocycles. The molecule has 0 spiro atoms. The first kappa shape index (κ1) is 19.3. The number of benzene rings is 1. The van der Waals surface area contributed by atoms with Crippen molar-refractivity contribution in [1.82, 2.24) is 5.32 Å². The van der Waals surface area contributed by atoms with Crippen LogP contribution < -0.4 is 19.7 Å². The third-order valence-corrected chi connectivity index (χ3v) is 4.48. The van der Waals surface area contributed by atoms with E-state index in [0.29, 0.717) is 22.9 Å². The van der Waals surface area contributed by atoms with E-state index in [2.05, 4.69) is 5.32 Å². The molecule has 148 valence electrons.